The fraction of sp³-hybridized carbons (Fsp3) is 0.471. The van der Waals surface area contributed by atoms with Gasteiger partial charge in [0, 0.05) is 25.6 Å². The minimum absolute atomic E-state index is 0.0142. The first-order valence-electron chi connectivity index (χ1n) is 8.02. The Morgan fingerprint density at radius 2 is 2.21 bits per heavy atom. The van der Waals surface area contributed by atoms with Gasteiger partial charge in [0.15, 0.2) is 5.82 Å². The van der Waals surface area contributed by atoms with Crippen molar-refractivity contribution >= 4 is 5.91 Å². The normalized spacial score (nSPS) is 25.6. The number of para-hydroxylation sites is 1. The third kappa shape index (κ3) is 2.45. The summed E-state index contributed by atoms with van der Waals surface area (Å²) < 4.78 is 16.4. The molecule has 2 aliphatic heterocycles. The zero-order valence-electron chi connectivity index (χ0n) is 13.6. The van der Waals surface area contributed by atoms with E-state index in [1.54, 1.807) is 18.9 Å². The number of aryl methyl sites for hydroxylation is 1. The Morgan fingerprint density at radius 3 is 2.96 bits per heavy atom. The van der Waals surface area contributed by atoms with E-state index in [0.29, 0.717) is 31.3 Å². The summed E-state index contributed by atoms with van der Waals surface area (Å²) in [6, 6.07) is 7.42. The average Bonchev–Trinajstić information content (AvgIpc) is 3.31. The predicted molar refractivity (Wildman–Crippen MR) is 83.6 cm³/mol. The van der Waals surface area contributed by atoms with E-state index in [9.17, 15) is 4.79 Å². The van der Waals surface area contributed by atoms with Gasteiger partial charge in [0.2, 0.25) is 11.8 Å². The van der Waals surface area contributed by atoms with Crippen LogP contribution in [-0.2, 0) is 9.53 Å². The highest BCUT2D eigenvalue weighted by Crippen LogP contribution is 2.39. The Kier molecular flexibility index (Phi) is 3.72. The minimum Gasteiger partial charge on any atom is -0.492 e. The minimum atomic E-state index is -0.302. The average molecular weight is 329 g/mol. The van der Waals surface area contributed by atoms with Crippen LogP contribution in [0, 0.1) is 6.92 Å². The van der Waals surface area contributed by atoms with Crippen molar-refractivity contribution in [2.75, 3.05) is 20.3 Å². The molecule has 1 saturated heterocycles. The summed E-state index contributed by atoms with van der Waals surface area (Å²) in [5.41, 5.74) is 0.934. The third-order valence-electron chi connectivity index (χ3n) is 4.71. The number of hydrogen-bond donors (Lipinski definition) is 0. The number of likely N-dealkylation sites (tertiary alicyclic amines) is 1. The lowest BCUT2D eigenvalue weighted by Gasteiger charge is -2.24. The van der Waals surface area contributed by atoms with Crippen LogP contribution < -0.4 is 4.74 Å². The monoisotopic (exact) mass is 329 g/mol. The Hall–Kier alpha value is -2.41. The van der Waals surface area contributed by atoms with Gasteiger partial charge in [0.25, 0.3) is 0 Å². The summed E-state index contributed by atoms with van der Waals surface area (Å²) in [6.07, 6.45) is 0.614. The highest BCUT2D eigenvalue weighted by Gasteiger charge is 2.43. The predicted octanol–water partition coefficient (Wildman–Crippen LogP) is 1.84. The fourth-order valence-electron chi connectivity index (χ4n) is 3.46. The molecular formula is C17H19N3O4. The molecule has 0 N–H and O–H groups in total. The molecule has 0 bridgehead atoms. The number of amides is 1. The zero-order valence-corrected chi connectivity index (χ0v) is 13.6. The molecule has 4 rings (SSSR count). The molecule has 1 aromatic carbocycles. The van der Waals surface area contributed by atoms with Crippen LogP contribution in [0.3, 0.4) is 0 Å². The number of carbonyl (C=O) groups excluding carboxylic acids is 1. The molecule has 1 fully saturated rings. The van der Waals surface area contributed by atoms with Crippen LogP contribution in [0.1, 0.15) is 35.7 Å². The van der Waals surface area contributed by atoms with Gasteiger partial charge in [-0.2, -0.15) is 4.98 Å². The van der Waals surface area contributed by atoms with E-state index in [-0.39, 0.29) is 24.0 Å². The molecular weight excluding hydrogens is 310 g/mol. The molecule has 7 nitrogen and oxygen atoms in total. The van der Waals surface area contributed by atoms with Crippen molar-refractivity contribution in [1.82, 2.24) is 15.0 Å². The third-order valence-corrected chi connectivity index (χ3v) is 4.71. The maximum absolute atomic E-state index is 13.2. The van der Waals surface area contributed by atoms with Crippen LogP contribution in [0.5, 0.6) is 5.75 Å². The number of aromatic nitrogens is 2. The van der Waals surface area contributed by atoms with E-state index >= 15 is 0 Å². The molecule has 126 valence electrons. The maximum Gasteiger partial charge on any atom is 0.249 e. The molecule has 0 aliphatic carbocycles. The smallest absolute Gasteiger partial charge is 0.249 e. The number of ether oxygens (including phenoxy) is 2. The lowest BCUT2D eigenvalue weighted by Crippen LogP contribution is -2.36. The highest BCUT2D eigenvalue weighted by molar-refractivity contribution is 5.86. The second kappa shape index (κ2) is 5.90. The van der Waals surface area contributed by atoms with Gasteiger partial charge in [-0.05, 0) is 13.0 Å². The van der Waals surface area contributed by atoms with Gasteiger partial charge >= 0.3 is 0 Å². The molecule has 0 radical (unpaired) electrons. The Labute approximate surface area is 139 Å². The largest absolute Gasteiger partial charge is 0.492 e. The molecule has 7 heteroatoms. The molecule has 0 spiro atoms. The Bertz CT molecular complexity index is 760. The molecule has 0 saturated carbocycles. The van der Waals surface area contributed by atoms with Crippen LogP contribution in [0.15, 0.2) is 28.8 Å². The van der Waals surface area contributed by atoms with Crippen LogP contribution >= 0.6 is 0 Å². The van der Waals surface area contributed by atoms with Gasteiger partial charge in [-0.15, -0.1) is 0 Å². The van der Waals surface area contributed by atoms with Crippen LogP contribution in [-0.4, -0.2) is 47.3 Å². The van der Waals surface area contributed by atoms with Crippen LogP contribution in [0.25, 0.3) is 0 Å². The molecule has 2 aliphatic rings. The summed E-state index contributed by atoms with van der Waals surface area (Å²) in [4.78, 5) is 19.3. The fourth-order valence-corrected chi connectivity index (χ4v) is 3.46. The van der Waals surface area contributed by atoms with Crippen molar-refractivity contribution in [2.45, 2.75) is 31.4 Å². The number of rotatable bonds is 3. The van der Waals surface area contributed by atoms with Crippen molar-refractivity contribution < 1.29 is 18.8 Å². The maximum atomic E-state index is 13.2. The van der Waals surface area contributed by atoms with E-state index in [2.05, 4.69) is 10.1 Å². The quantitative estimate of drug-likeness (QED) is 0.855. The SMILES string of the molecule is CO[C@@H]1C[C@H](c2nc(C)no2)N(C(=O)[C@@H]2COc3ccccc32)C1. The van der Waals surface area contributed by atoms with Gasteiger partial charge < -0.3 is 18.9 Å². The lowest BCUT2D eigenvalue weighted by molar-refractivity contribution is -0.134. The first-order chi connectivity index (χ1) is 11.7. The number of nitrogens with zero attached hydrogens (tertiary/aromatic N) is 3. The summed E-state index contributed by atoms with van der Waals surface area (Å²) >= 11 is 0. The van der Waals surface area contributed by atoms with E-state index in [1.165, 1.54) is 0 Å². The first kappa shape index (κ1) is 15.1. The van der Waals surface area contributed by atoms with Gasteiger partial charge in [-0.3, -0.25) is 4.79 Å². The number of methoxy groups -OCH3 is 1. The van der Waals surface area contributed by atoms with Crippen molar-refractivity contribution in [3.63, 3.8) is 0 Å². The Balaban J connectivity index is 1.62. The van der Waals surface area contributed by atoms with E-state index in [1.807, 2.05) is 24.3 Å². The highest BCUT2D eigenvalue weighted by atomic mass is 16.5. The van der Waals surface area contributed by atoms with Crippen molar-refractivity contribution in [3.05, 3.63) is 41.5 Å². The number of carbonyl (C=O) groups is 1. The molecule has 1 aromatic heterocycles. The van der Waals surface area contributed by atoms with Crippen molar-refractivity contribution in [1.29, 1.82) is 0 Å². The van der Waals surface area contributed by atoms with Gasteiger partial charge in [0.05, 0.1) is 6.10 Å². The van der Waals surface area contributed by atoms with Gasteiger partial charge in [0.1, 0.15) is 24.3 Å². The van der Waals surface area contributed by atoms with E-state index in [0.717, 1.165) is 11.3 Å². The molecule has 24 heavy (non-hydrogen) atoms. The molecule has 3 heterocycles. The van der Waals surface area contributed by atoms with E-state index < -0.39 is 0 Å². The lowest BCUT2D eigenvalue weighted by atomic mass is 9.99. The number of fused-ring (bicyclic) bond motifs is 1. The molecule has 1 amide bonds. The molecule has 0 unspecified atom stereocenters. The summed E-state index contributed by atoms with van der Waals surface area (Å²) in [7, 11) is 1.66. The first-order valence-corrected chi connectivity index (χ1v) is 8.02. The summed E-state index contributed by atoms with van der Waals surface area (Å²) in [5.74, 6) is 1.52. The molecule has 3 atom stereocenters. The van der Waals surface area contributed by atoms with Gasteiger partial charge in [-0.1, -0.05) is 23.4 Å². The van der Waals surface area contributed by atoms with Crippen LogP contribution in [0.2, 0.25) is 0 Å². The number of hydrogen-bond acceptors (Lipinski definition) is 6. The number of benzene rings is 1. The topological polar surface area (TPSA) is 77.7 Å². The zero-order chi connectivity index (χ0) is 16.7. The second-order valence-corrected chi connectivity index (χ2v) is 6.18. The van der Waals surface area contributed by atoms with Crippen LogP contribution in [0.4, 0.5) is 0 Å². The van der Waals surface area contributed by atoms with Crippen molar-refractivity contribution in [3.8, 4) is 5.75 Å². The summed E-state index contributed by atoms with van der Waals surface area (Å²) in [6.45, 7) is 2.64. The second-order valence-electron chi connectivity index (χ2n) is 6.18. The van der Waals surface area contributed by atoms with Crippen molar-refractivity contribution in [2.24, 2.45) is 0 Å². The van der Waals surface area contributed by atoms with Gasteiger partial charge in [-0.25, -0.2) is 0 Å². The Morgan fingerprint density at radius 1 is 1.38 bits per heavy atom. The summed E-state index contributed by atoms with van der Waals surface area (Å²) in [5, 5.41) is 3.85. The molecule has 2 aromatic rings. The standard InChI is InChI=1S/C17H19N3O4/c1-10-18-16(24-19-10)14-7-11(22-2)8-20(14)17(21)13-9-23-15-6-4-3-5-12(13)15/h3-6,11,13-14H,7-9H2,1-2H3/t11-,13-,14-/m1/s1. The van der Waals surface area contributed by atoms with E-state index in [4.69, 9.17) is 14.0 Å².